The number of benzene rings is 1. The van der Waals surface area contributed by atoms with Gasteiger partial charge in [0.05, 0.1) is 18.8 Å². The van der Waals surface area contributed by atoms with Crippen LogP contribution in [0.3, 0.4) is 0 Å². The topological polar surface area (TPSA) is 66.8 Å². The number of hydrogen-bond acceptors (Lipinski definition) is 3. The van der Waals surface area contributed by atoms with E-state index >= 15 is 0 Å². The molecule has 1 aliphatic rings. The van der Waals surface area contributed by atoms with Crippen molar-refractivity contribution in [2.24, 2.45) is 0 Å². The fourth-order valence-electron chi connectivity index (χ4n) is 1.82. The Balaban J connectivity index is 2.64. The highest BCUT2D eigenvalue weighted by atomic mass is 19.1. The third-order valence-corrected chi connectivity index (χ3v) is 2.65. The van der Waals surface area contributed by atoms with Crippen LogP contribution in [-0.2, 0) is 16.9 Å². The van der Waals surface area contributed by atoms with Crippen LogP contribution in [0.4, 0.5) is 4.39 Å². The summed E-state index contributed by atoms with van der Waals surface area (Å²) in [5.41, 5.74) is -1.00. The minimum atomic E-state index is -1.35. The molecule has 2 rings (SSSR count). The maximum Gasteiger partial charge on any atom is 0.335 e. The fourth-order valence-corrected chi connectivity index (χ4v) is 1.82. The van der Waals surface area contributed by atoms with Crippen LogP contribution in [-0.4, -0.2) is 22.8 Å². The van der Waals surface area contributed by atoms with E-state index in [1.165, 1.54) is 13.0 Å². The van der Waals surface area contributed by atoms with E-state index in [1.54, 1.807) is 0 Å². The average Bonchev–Trinajstić information content (AvgIpc) is 2.18. The van der Waals surface area contributed by atoms with Gasteiger partial charge < -0.3 is 14.9 Å². The molecular formula is C11H11FO4. The van der Waals surface area contributed by atoms with E-state index in [1.807, 2.05) is 0 Å². The first-order chi connectivity index (χ1) is 7.42. The van der Waals surface area contributed by atoms with Crippen molar-refractivity contribution in [2.75, 3.05) is 6.61 Å². The van der Waals surface area contributed by atoms with E-state index in [9.17, 15) is 14.3 Å². The number of rotatable bonds is 1. The number of aromatic carboxylic acids is 1. The predicted molar refractivity (Wildman–Crippen MR) is 52.6 cm³/mol. The Morgan fingerprint density at radius 3 is 2.88 bits per heavy atom. The highest BCUT2D eigenvalue weighted by Crippen LogP contribution is 2.32. The Bertz CT molecular complexity index is 454. The summed E-state index contributed by atoms with van der Waals surface area (Å²) >= 11 is 0. The molecule has 0 amide bonds. The number of aliphatic hydroxyl groups is 1. The van der Waals surface area contributed by atoms with Crippen LogP contribution < -0.4 is 0 Å². The van der Waals surface area contributed by atoms with Gasteiger partial charge in [-0.15, -0.1) is 0 Å². The van der Waals surface area contributed by atoms with Crippen LogP contribution in [0, 0.1) is 5.82 Å². The zero-order chi connectivity index (χ0) is 11.9. The largest absolute Gasteiger partial charge is 0.478 e. The summed E-state index contributed by atoms with van der Waals surface area (Å²) < 4.78 is 18.6. The van der Waals surface area contributed by atoms with Crippen molar-refractivity contribution in [3.05, 3.63) is 34.6 Å². The Labute approximate surface area is 91.3 Å². The lowest BCUT2D eigenvalue weighted by Gasteiger charge is -2.31. The van der Waals surface area contributed by atoms with Gasteiger partial charge in [-0.1, -0.05) is 0 Å². The number of ether oxygens (including phenoxy) is 1. The second-order valence-corrected chi connectivity index (χ2v) is 4.06. The van der Waals surface area contributed by atoms with E-state index in [-0.39, 0.29) is 29.9 Å². The van der Waals surface area contributed by atoms with Crippen molar-refractivity contribution in [2.45, 2.75) is 19.1 Å². The van der Waals surface area contributed by atoms with E-state index < -0.39 is 17.4 Å². The molecule has 0 aliphatic carbocycles. The standard InChI is InChI=1S/C11H11FO4/c1-11(15)5-16-4-7-8(11)2-6(10(13)14)3-9(7)12/h2-3,15H,4-5H2,1H3,(H,13,14)/t11-/m1/s1. The number of fused-ring (bicyclic) bond motifs is 1. The number of carboxylic acid groups (broad SMARTS) is 1. The van der Waals surface area contributed by atoms with Crippen molar-refractivity contribution in [3.63, 3.8) is 0 Å². The molecule has 16 heavy (non-hydrogen) atoms. The minimum Gasteiger partial charge on any atom is -0.478 e. The van der Waals surface area contributed by atoms with Crippen molar-refractivity contribution in [1.29, 1.82) is 0 Å². The van der Waals surface area contributed by atoms with Gasteiger partial charge in [-0.25, -0.2) is 9.18 Å². The molecule has 1 aliphatic heterocycles. The van der Waals surface area contributed by atoms with Crippen LogP contribution in [0.1, 0.15) is 28.4 Å². The second kappa shape index (κ2) is 3.54. The Morgan fingerprint density at radius 1 is 1.56 bits per heavy atom. The summed E-state index contributed by atoms with van der Waals surface area (Å²) in [6, 6.07) is 2.23. The normalized spacial score (nSPS) is 23.9. The van der Waals surface area contributed by atoms with Crippen LogP contribution in [0.15, 0.2) is 12.1 Å². The molecule has 2 N–H and O–H groups in total. The molecule has 5 heteroatoms. The number of carboxylic acids is 1. The molecule has 1 aromatic rings. The van der Waals surface area contributed by atoms with E-state index in [4.69, 9.17) is 9.84 Å². The number of hydrogen-bond donors (Lipinski definition) is 2. The first kappa shape index (κ1) is 11.0. The Morgan fingerprint density at radius 2 is 2.25 bits per heavy atom. The fraction of sp³-hybridized carbons (Fsp3) is 0.364. The molecular weight excluding hydrogens is 215 g/mol. The quantitative estimate of drug-likeness (QED) is 0.756. The first-order valence-corrected chi connectivity index (χ1v) is 4.78. The molecule has 1 atom stereocenters. The maximum atomic E-state index is 13.6. The van der Waals surface area contributed by atoms with Crippen LogP contribution in [0.25, 0.3) is 0 Å². The van der Waals surface area contributed by atoms with Crippen molar-refractivity contribution < 1.29 is 24.1 Å². The monoisotopic (exact) mass is 226 g/mol. The van der Waals surface area contributed by atoms with Gasteiger partial charge in [-0.2, -0.15) is 0 Å². The van der Waals surface area contributed by atoms with Gasteiger partial charge in [0, 0.05) is 5.56 Å². The van der Waals surface area contributed by atoms with E-state index in [0.29, 0.717) is 0 Å². The zero-order valence-corrected chi connectivity index (χ0v) is 8.66. The minimum absolute atomic E-state index is 0.0303. The van der Waals surface area contributed by atoms with E-state index in [0.717, 1.165) is 6.07 Å². The summed E-state index contributed by atoms with van der Waals surface area (Å²) in [7, 11) is 0. The van der Waals surface area contributed by atoms with Crippen molar-refractivity contribution in [3.8, 4) is 0 Å². The number of carbonyl (C=O) groups is 1. The summed E-state index contributed by atoms with van der Waals surface area (Å²) in [6.45, 7) is 1.55. The SMILES string of the molecule is C[C@@]1(O)COCc2c(F)cc(C(=O)O)cc21. The van der Waals surface area contributed by atoms with Crippen LogP contribution >= 0.6 is 0 Å². The van der Waals surface area contributed by atoms with Crippen LogP contribution in [0.2, 0.25) is 0 Å². The summed E-state index contributed by atoms with van der Waals surface area (Å²) in [6.07, 6.45) is 0. The molecule has 0 spiro atoms. The molecule has 0 bridgehead atoms. The van der Waals surface area contributed by atoms with Gasteiger partial charge in [0.25, 0.3) is 0 Å². The third-order valence-electron chi connectivity index (χ3n) is 2.65. The van der Waals surface area contributed by atoms with Gasteiger partial charge in [-0.3, -0.25) is 0 Å². The molecule has 0 saturated carbocycles. The first-order valence-electron chi connectivity index (χ1n) is 4.78. The van der Waals surface area contributed by atoms with Crippen molar-refractivity contribution >= 4 is 5.97 Å². The molecule has 0 fully saturated rings. The molecule has 0 aromatic heterocycles. The molecule has 0 unspecified atom stereocenters. The molecule has 1 aromatic carbocycles. The third kappa shape index (κ3) is 1.68. The van der Waals surface area contributed by atoms with Crippen LogP contribution in [0.5, 0.6) is 0 Å². The number of halogens is 1. The second-order valence-electron chi connectivity index (χ2n) is 4.06. The summed E-state index contributed by atoms with van der Waals surface area (Å²) in [5.74, 6) is -1.88. The van der Waals surface area contributed by atoms with E-state index in [2.05, 4.69) is 0 Å². The maximum absolute atomic E-state index is 13.6. The summed E-state index contributed by atoms with van der Waals surface area (Å²) in [4.78, 5) is 10.8. The van der Waals surface area contributed by atoms with Gasteiger partial charge in [0.15, 0.2) is 0 Å². The van der Waals surface area contributed by atoms with Crippen molar-refractivity contribution in [1.82, 2.24) is 0 Å². The molecule has 1 heterocycles. The lowest BCUT2D eigenvalue weighted by Crippen LogP contribution is -2.34. The zero-order valence-electron chi connectivity index (χ0n) is 8.66. The highest BCUT2D eigenvalue weighted by Gasteiger charge is 2.33. The predicted octanol–water partition coefficient (Wildman–Crippen LogP) is 1.26. The summed E-state index contributed by atoms with van der Waals surface area (Å²) in [5, 5.41) is 18.8. The van der Waals surface area contributed by atoms with Gasteiger partial charge in [0.2, 0.25) is 0 Å². The van der Waals surface area contributed by atoms with Gasteiger partial charge >= 0.3 is 5.97 Å². The highest BCUT2D eigenvalue weighted by molar-refractivity contribution is 5.88. The molecule has 0 radical (unpaired) electrons. The average molecular weight is 226 g/mol. The molecule has 0 saturated heterocycles. The molecule has 4 nitrogen and oxygen atoms in total. The smallest absolute Gasteiger partial charge is 0.335 e. The molecule has 86 valence electrons. The van der Waals surface area contributed by atoms with Gasteiger partial charge in [0.1, 0.15) is 11.4 Å². The lowest BCUT2D eigenvalue weighted by molar-refractivity contribution is -0.0615. The Kier molecular flexibility index (Phi) is 2.44. The Hall–Kier alpha value is -1.46. The lowest BCUT2D eigenvalue weighted by atomic mass is 9.88. The van der Waals surface area contributed by atoms with Gasteiger partial charge in [-0.05, 0) is 24.6 Å².